The normalized spacial score (nSPS) is 10.3. The molecule has 0 amide bonds. The molecule has 0 aliphatic heterocycles. The average molecular weight is 106 g/mol. The van der Waals surface area contributed by atoms with Gasteiger partial charge in [0.05, 0.1) is 0 Å². The van der Waals surface area contributed by atoms with E-state index in [0.717, 1.165) is 6.42 Å². The molecular weight excluding hydrogens is 97.5 g/mol. The van der Waals surface area contributed by atoms with E-state index >= 15 is 0 Å². The van der Waals surface area contributed by atoms with Crippen LogP contribution in [0.3, 0.4) is 0 Å². The third kappa shape index (κ3) is 3.99. The summed E-state index contributed by atoms with van der Waals surface area (Å²) in [7, 11) is 0. The Morgan fingerprint density at radius 3 is 2.50 bits per heavy atom. The maximum Gasteiger partial charge on any atom is 0.000293 e. The first-order chi connectivity index (χ1) is 2.91. The van der Waals surface area contributed by atoms with Gasteiger partial charge in [-0.1, -0.05) is 17.7 Å². The van der Waals surface area contributed by atoms with Gasteiger partial charge < -0.3 is 5.73 Å². The highest BCUT2D eigenvalue weighted by Crippen LogP contribution is 1.80. The molecule has 0 spiro atoms. The molecule has 0 rings (SSSR count). The summed E-state index contributed by atoms with van der Waals surface area (Å²) in [6, 6.07) is 0. The van der Waals surface area contributed by atoms with E-state index in [2.05, 4.69) is 0 Å². The Balaban J connectivity index is 2.66. The fourth-order valence-corrected chi connectivity index (χ4v) is 0.285. The van der Waals surface area contributed by atoms with Crippen molar-refractivity contribution in [2.75, 3.05) is 6.54 Å². The molecule has 0 unspecified atom stereocenters. The first-order valence-electron chi connectivity index (χ1n) is 1.87. The molecule has 0 saturated heterocycles. The van der Waals surface area contributed by atoms with Crippen molar-refractivity contribution in [2.24, 2.45) is 5.73 Å². The van der Waals surface area contributed by atoms with Crippen LogP contribution in [-0.4, -0.2) is 6.54 Å². The number of halogens is 1. The molecule has 0 atom stereocenters. The fraction of sp³-hybridized carbons (Fsp3) is 0.500. The maximum atomic E-state index is 5.14. The van der Waals surface area contributed by atoms with Gasteiger partial charge >= 0.3 is 0 Å². The minimum atomic E-state index is 0.684. The molecule has 0 bridgehead atoms. The zero-order valence-electron chi connectivity index (χ0n) is 3.52. The van der Waals surface area contributed by atoms with E-state index in [1.54, 1.807) is 0 Å². The minimum Gasteiger partial charge on any atom is -0.330 e. The highest BCUT2D eigenvalue weighted by atomic mass is 35.5. The van der Waals surface area contributed by atoms with Gasteiger partial charge in [-0.25, -0.2) is 0 Å². The second kappa shape index (κ2) is 4.99. The summed E-state index contributed by atoms with van der Waals surface area (Å²) in [4.78, 5) is 0. The molecule has 0 aliphatic carbocycles. The Morgan fingerprint density at radius 2 is 2.33 bits per heavy atom. The first-order valence-corrected chi connectivity index (χ1v) is 2.30. The van der Waals surface area contributed by atoms with Gasteiger partial charge in [-0.3, -0.25) is 0 Å². The number of hydrogen-bond acceptors (Lipinski definition) is 1. The van der Waals surface area contributed by atoms with Gasteiger partial charge in [-0.15, -0.1) is 0 Å². The molecule has 2 N–H and O–H groups in total. The highest BCUT2D eigenvalue weighted by Gasteiger charge is 1.65. The maximum absolute atomic E-state index is 5.14. The van der Waals surface area contributed by atoms with Crippen molar-refractivity contribution in [1.82, 2.24) is 0 Å². The van der Waals surface area contributed by atoms with E-state index in [0.29, 0.717) is 6.54 Å². The van der Waals surface area contributed by atoms with E-state index in [-0.39, 0.29) is 0 Å². The molecule has 0 saturated carbocycles. The van der Waals surface area contributed by atoms with Crippen molar-refractivity contribution in [3.05, 3.63) is 11.6 Å². The lowest BCUT2D eigenvalue weighted by Crippen LogP contribution is -1.94. The lowest BCUT2D eigenvalue weighted by Gasteiger charge is -1.76. The van der Waals surface area contributed by atoms with Crippen LogP contribution in [0.1, 0.15) is 6.42 Å². The SMILES string of the molecule is NCCC=CCl. The van der Waals surface area contributed by atoms with Crippen LogP contribution in [0.4, 0.5) is 0 Å². The second-order valence-electron chi connectivity index (χ2n) is 0.939. The van der Waals surface area contributed by atoms with E-state index in [4.69, 9.17) is 17.3 Å². The summed E-state index contributed by atoms with van der Waals surface area (Å²) in [6.45, 7) is 0.684. The van der Waals surface area contributed by atoms with Crippen molar-refractivity contribution in [1.29, 1.82) is 0 Å². The smallest absolute Gasteiger partial charge is 0.000293 e. The first kappa shape index (κ1) is 5.99. The molecular formula is C4H8ClN. The standard InChI is InChI=1S/C4H8ClN/c5-3-1-2-4-6/h1,3H,2,4,6H2. The molecule has 36 valence electrons. The summed E-state index contributed by atoms with van der Waals surface area (Å²) >= 11 is 5.14. The monoisotopic (exact) mass is 105 g/mol. The number of rotatable bonds is 2. The fourth-order valence-electron chi connectivity index (χ4n) is 0.159. The lowest BCUT2D eigenvalue weighted by molar-refractivity contribution is 1.01. The second-order valence-corrected chi connectivity index (χ2v) is 1.19. The Kier molecular flexibility index (Phi) is 4.98. The van der Waals surface area contributed by atoms with Crippen LogP contribution >= 0.6 is 11.6 Å². The van der Waals surface area contributed by atoms with Gasteiger partial charge in [-0.2, -0.15) is 0 Å². The van der Waals surface area contributed by atoms with Crippen LogP contribution in [0.5, 0.6) is 0 Å². The van der Waals surface area contributed by atoms with Crippen LogP contribution in [0.25, 0.3) is 0 Å². The highest BCUT2D eigenvalue weighted by molar-refractivity contribution is 6.25. The van der Waals surface area contributed by atoms with Gasteiger partial charge in [0, 0.05) is 5.54 Å². The van der Waals surface area contributed by atoms with E-state index in [1.165, 1.54) is 5.54 Å². The molecule has 0 aliphatic rings. The van der Waals surface area contributed by atoms with Crippen molar-refractivity contribution in [3.63, 3.8) is 0 Å². The van der Waals surface area contributed by atoms with Crippen molar-refractivity contribution in [2.45, 2.75) is 6.42 Å². The topological polar surface area (TPSA) is 26.0 Å². The molecule has 0 aromatic rings. The van der Waals surface area contributed by atoms with Crippen LogP contribution in [-0.2, 0) is 0 Å². The van der Waals surface area contributed by atoms with Crippen molar-refractivity contribution in [3.8, 4) is 0 Å². The molecule has 2 heteroatoms. The molecule has 0 radical (unpaired) electrons. The predicted octanol–water partition coefficient (Wildman–Crippen LogP) is 1.09. The zero-order valence-corrected chi connectivity index (χ0v) is 4.28. The van der Waals surface area contributed by atoms with Crippen LogP contribution in [0.15, 0.2) is 11.6 Å². The van der Waals surface area contributed by atoms with Gasteiger partial charge in [0.25, 0.3) is 0 Å². The molecule has 0 aromatic carbocycles. The van der Waals surface area contributed by atoms with Gasteiger partial charge in [0.15, 0.2) is 0 Å². The molecule has 0 fully saturated rings. The Hall–Kier alpha value is -0.0100. The van der Waals surface area contributed by atoms with Crippen LogP contribution < -0.4 is 5.73 Å². The number of hydrogen-bond donors (Lipinski definition) is 1. The van der Waals surface area contributed by atoms with Crippen molar-refractivity contribution >= 4 is 11.6 Å². The Bertz CT molecular complexity index is 42.8. The molecule has 6 heavy (non-hydrogen) atoms. The van der Waals surface area contributed by atoms with Gasteiger partial charge in [0.1, 0.15) is 0 Å². The van der Waals surface area contributed by atoms with E-state index in [9.17, 15) is 0 Å². The third-order valence-electron chi connectivity index (χ3n) is 0.422. The zero-order chi connectivity index (χ0) is 4.83. The Labute approximate surface area is 42.8 Å². The average Bonchev–Trinajstić information content (AvgIpc) is 1.61. The third-order valence-corrected chi connectivity index (χ3v) is 0.601. The molecule has 1 nitrogen and oxygen atoms in total. The van der Waals surface area contributed by atoms with Gasteiger partial charge in [0.2, 0.25) is 0 Å². The summed E-state index contributed by atoms with van der Waals surface area (Å²) < 4.78 is 0. The summed E-state index contributed by atoms with van der Waals surface area (Å²) in [6.07, 6.45) is 2.70. The number of nitrogens with two attached hydrogens (primary N) is 1. The minimum absolute atomic E-state index is 0.684. The molecule has 0 aromatic heterocycles. The summed E-state index contributed by atoms with van der Waals surface area (Å²) in [5.74, 6) is 0. The van der Waals surface area contributed by atoms with Crippen LogP contribution in [0, 0.1) is 0 Å². The molecule has 0 heterocycles. The van der Waals surface area contributed by atoms with Crippen molar-refractivity contribution < 1.29 is 0 Å². The largest absolute Gasteiger partial charge is 0.330 e. The van der Waals surface area contributed by atoms with E-state index in [1.807, 2.05) is 6.08 Å². The summed E-state index contributed by atoms with van der Waals surface area (Å²) in [5.41, 5.74) is 6.58. The lowest BCUT2D eigenvalue weighted by atomic mass is 10.4. The predicted molar refractivity (Wildman–Crippen MR) is 28.7 cm³/mol. The van der Waals surface area contributed by atoms with E-state index < -0.39 is 0 Å². The van der Waals surface area contributed by atoms with Crippen LogP contribution in [0.2, 0.25) is 0 Å². The Morgan fingerprint density at radius 1 is 1.67 bits per heavy atom. The summed E-state index contributed by atoms with van der Waals surface area (Å²) in [5, 5.41) is 0. The quantitative estimate of drug-likeness (QED) is 0.559. The van der Waals surface area contributed by atoms with Gasteiger partial charge in [-0.05, 0) is 13.0 Å².